The maximum absolute atomic E-state index is 11.2. The highest BCUT2D eigenvalue weighted by Crippen LogP contribution is 2.20. The number of rotatable bonds is 3. The van der Waals surface area contributed by atoms with E-state index in [1.165, 1.54) is 6.92 Å². The van der Waals surface area contributed by atoms with Crippen LogP contribution in [0.2, 0.25) is 0 Å². The molecule has 0 spiro atoms. The summed E-state index contributed by atoms with van der Waals surface area (Å²) >= 11 is 0. The standard InChI is InChI=1S/C14H13NO3/c1-10(16)14(17)18-12-7-5-11(6-8-12)13-4-2-3-9-15-13/h2-10,16H,1H3. The zero-order valence-electron chi connectivity index (χ0n) is 9.91. The van der Waals surface area contributed by atoms with Crippen molar-refractivity contribution in [2.75, 3.05) is 0 Å². The van der Waals surface area contributed by atoms with E-state index < -0.39 is 12.1 Å². The summed E-state index contributed by atoms with van der Waals surface area (Å²) in [6.45, 7) is 1.37. The van der Waals surface area contributed by atoms with Gasteiger partial charge < -0.3 is 9.84 Å². The SMILES string of the molecule is CC(O)C(=O)Oc1ccc(-c2ccccn2)cc1. The number of pyridine rings is 1. The fourth-order valence-electron chi connectivity index (χ4n) is 1.43. The van der Waals surface area contributed by atoms with Crippen molar-refractivity contribution >= 4 is 5.97 Å². The van der Waals surface area contributed by atoms with E-state index in [2.05, 4.69) is 4.98 Å². The summed E-state index contributed by atoms with van der Waals surface area (Å²) in [5, 5.41) is 9.03. The Balaban J connectivity index is 2.13. The average Bonchev–Trinajstić information content (AvgIpc) is 2.40. The normalized spacial score (nSPS) is 11.9. The number of ether oxygens (including phenoxy) is 1. The number of carbonyl (C=O) groups is 1. The van der Waals surface area contributed by atoms with Gasteiger partial charge in [-0.3, -0.25) is 4.98 Å². The van der Waals surface area contributed by atoms with E-state index >= 15 is 0 Å². The average molecular weight is 243 g/mol. The minimum Gasteiger partial charge on any atom is -0.425 e. The Kier molecular flexibility index (Phi) is 3.69. The van der Waals surface area contributed by atoms with Crippen molar-refractivity contribution in [1.29, 1.82) is 0 Å². The molecular weight excluding hydrogens is 230 g/mol. The van der Waals surface area contributed by atoms with E-state index in [0.29, 0.717) is 5.75 Å². The number of carbonyl (C=O) groups excluding carboxylic acids is 1. The summed E-state index contributed by atoms with van der Waals surface area (Å²) < 4.78 is 4.96. The van der Waals surface area contributed by atoms with Gasteiger partial charge in [0.2, 0.25) is 0 Å². The lowest BCUT2D eigenvalue weighted by molar-refractivity contribution is -0.142. The number of benzene rings is 1. The molecular formula is C14H13NO3. The van der Waals surface area contributed by atoms with Gasteiger partial charge in [0.25, 0.3) is 0 Å². The molecule has 18 heavy (non-hydrogen) atoms. The first-order chi connectivity index (χ1) is 8.66. The molecule has 1 aromatic heterocycles. The molecule has 2 rings (SSSR count). The van der Waals surface area contributed by atoms with E-state index in [-0.39, 0.29) is 0 Å². The van der Waals surface area contributed by atoms with Crippen molar-refractivity contribution in [3.8, 4) is 17.0 Å². The van der Waals surface area contributed by atoms with E-state index in [9.17, 15) is 4.79 Å². The van der Waals surface area contributed by atoms with Gasteiger partial charge in [-0.2, -0.15) is 0 Å². The van der Waals surface area contributed by atoms with Crippen molar-refractivity contribution in [2.45, 2.75) is 13.0 Å². The van der Waals surface area contributed by atoms with Gasteiger partial charge in [-0.1, -0.05) is 6.07 Å². The lowest BCUT2D eigenvalue weighted by Crippen LogP contribution is -2.21. The van der Waals surface area contributed by atoms with Gasteiger partial charge in [-0.15, -0.1) is 0 Å². The molecule has 1 N–H and O–H groups in total. The molecule has 0 saturated heterocycles. The van der Waals surface area contributed by atoms with Crippen LogP contribution in [0.3, 0.4) is 0 Å². The molecule has 0 amide bonds. The van der Waals surface area contributed by atoms with Crippen LogP contribution in [0.1, 0.15) is 6.92 Å². The fraction of sp³-hybridized carbons (Fsp3) is 0.143. The van der Waals surface area contributed by atoms with Crippen LogP contribution in [0.5, 0.6) is 5.75 Å². The number of aliphatic hydroxyl groups is 1. The summed E-state index contributed by atoms with van der Waals surface area (Å²) in [6, 6.07) is 12.6. The number of esters is 1. The van der Waals surface area contributed by atoms with Crippen molar-refractivity contribution in [2.24, 2.45) is 0 Å². The predicted molar refractivity (Wildman–Crippen MR) is 67.0 cm³/mol. The molecule has 0 aliphatic rings. The fourth-order valence-corrected chi connectivity index (χ4v) is 1.43. The Morgan fingerprint density at radius 3 is 2.50 bits per heavy atom. The van der Waals surface area contributed by atoms with Crippen molar-refractivity contribution < 1.29 is 14.6 Å². The number of aliphatic hydroxyl groups excluding tert-OH is 1. The number of nitrogens with zero attached hydrogens (tertiary/aromatic N) is 1. The molecule has 4 nitrogen and oxygen atoms in total. The number of hydrogen-bond donors (Lipinski definition) is 1. The smallest absolute Gasteiger partial charge is 0.340 e. The lowest BCUT2D eigenvalue weighted by Gasteiger charge is -2.06. The van der Waals surface area contributed by atoms with E-state index in [4.69, 9.17) is 9.84 Å². The lowest BCUT2D eigenvalue weighted by atomic mass is 10.1. The minimum absolute atomic E-state index is 0.403. The third kappa shape index (κ3) is 2.93. The molecule has 2 aromatic rings. The highest BCUT2D eigenvalue weighted by Gasteiger charge is 2.11. The van der Waals surface area contributed by atoms with Gasteiger partial charge in [-0.05, 0) is 43.3 Å². The molecule has 4 heteroatoms. The first kappa shape index (κ1) is 12.3. The van der Waals surface area contributed by atoms with Crippen LogP contribution in [0.25, 0.3) is 11.3 Å². The van der Waals surface area contributed by atoms with E-state index in [0.717, 1.165) is 11.3 Å². The van der Waals surface area contributed by atoms with Crippen LogP contribution >= 0.6 is 0 Å². The summed E-state index contributed by atoms with van der Waals surface area (Å²) in [7, 11) is 0. The summed E-state index contributed by atoms with van der Waals surface area (Å²) in [4.78, 5) is 15.4. The quantitative estimate of drug-likeness (QED) is 0.662. The molecule has 0 saturated carbocycles. The monoisotopic (exact) mass is 243 g/mol. The second-order valence-electron chi connectivity index (χ2n) is 3.84. The molecule has 0 aliphatic heterocycles. The van der Waals surface area contributed by atoms with Crippen LogP contribution in [-0.2, 0) is 4.79 Å². The molecule has 1 heterocycles. The molecule has 1 atom stereocenters. The molecule has 0 fully saturated rings. The Hall–Kier alpha value is -2.20. The molecule has 0 bridgehead atoms. The molecule has 1 aromatic carbocycles. The topological polar surface area (TPSA) is 59.4 Å². The van der Waals surface area contributed by atoms with Crippen LogP contribution in [-0.4, -0.2) is 22.2 Å². The van der Waals surface area contributed by atoms with Crippen LogP contribution in [0.15, 0.2) is 48.7 Å². The number of hydrogen-bond acceptors (Lipinski definition) is 4. The van der Waals surface area contributed by atoms with Crippen molar-refractivity contribution in [3.63, 3.8) is 0 Å². The van der Waals surface area contributed by atoms with Crippen LogP contribution in [0, 0.1) is 0 Å². The third-order valence-corrected chi connectivity index (χ3v) is 2.37. The largest absolute Gasteiger partial charge is 0.425 e. The Labute approximate surface area is 105 Å². The highest BCUT2D eigenvalue weighted by molar-refractivity contribution is 5.76. The van der Waals surface area contributed by atoms with Crippen molar-refractivity contribution in [3.05, 3.63) is 48.7 Å². The van der Waals surface area contributed by atoms with E-state index in [1.807, 2.05) is 30.3 Å². The van der Waals surface area contributed by atoms with Crippen molar-refractivity contribution in [1.82, 2.24) is 4.98 Å². The summed E-state index contributed by atoms with van der Waals surface area (Å²) in [5.74, 6) is -0.263. The summed E-state index contributed by atoms with van der Waals surface area (Å²) in [5.41, 5.74) is 1.79. The molecule has 92 valence electrons. The van der Waals surface area contributed by atoms with Gasteiger partial charge >= 0.3 is 5.97 Å². The zero-order chi connectivity index (χ0) is 13.0. The maximum Gasteiger partial charge on any atom is 0.340 e. The zero-order valence-corrected chi connectivity index (χ0v) is 9.91. The third-order valence-electron chi connectivity index (χ3n) is 2.37. The van der Waals surface area contributed by atoms with Crippen LogP contribution < -0.4 is 4.74 Å². The maximum atomic E-state index is 11.2. The molecule has 0 radical (unpaired) electrons. The second kappa shape index (κ2) is 5.42. The first-order valence-corrected chi connectivity index (χ1v) is 5.58. The highest BCUT2D eigenvalue weighted by atomic mass is 16.5. The predicted octanol–water partition coefficient (Wildman–Crippen LogP) is 2.03. The van der Waals surface area contributed by atoms with Gasteiger partial charge in [-0.25, -0.2) is 4.79 Å². The first-order valence-electron chi connectivity index (χ1n) is 5.58. The van der Waals surface area contributed by atoms with Gasteiger partial charge in [0, 0.05) is 11.8 Å². The molecule has 1 unspecified atom stereocenters. The Bertz CT molecular complexity index is 520. The number of aromatic nitrogens is 1. The Morgan fingerprint density at radius 1 is 1.22 bits per heavy atom. The minimum atomic E-state index is -1.12. The van der Waals surface area contributed by atoms with Gasteiger partial charge in [0.1, 0.15) is 11.9 Å². The molecule has 0 aliphatic carbocycles. The summed E-state index contributed by atoms with van der Waals surface area (Å²) in [6.07, 6.45) is 0.594. The van der Waals surface area contributed by atoms with Gasteiger partial charge in [0.15, 0.2) is 0 Å². The van der Waals surface area contributed by atoms with E-state index in [1.54, 1.807) is 18.3 Å². The second-order valence-corrected chi connectivity index (χ2v) is 3.84. The Morgan fingerprint density at radius 2 is 1.94 bits per heavy atom. The van der Waals surface area contributed by atoms with Crippen LogP contribution in [0.4, 0.5) is 0 Å². The van der Waals surface area contributed by atoms with Gasteiger partial charge in [0.05, 0.1) is 5.69 Å².